The second kappa shape index (κ2) is 7.69. The Balaban J connectivity index is 2.86. The first-order valence-corrected chi connectivity index (χ1v) is 8.02. The quantitative estimate of drug-likeness (QED) is 0.523. The van der Waals surface area contributed by atoms with E-state index in [4.69, 9.17) is 44.6 Å². The zero-order valence-corrected chi connectivity index (χ0v) is 13.6. The maximum atomic E-state index is 11.7. The Labute approximate surface area is 135 Å². The van der Waals surface area contributed by atoms with E-state index in [0.717, 1.165) is 0 Å². The lowest BCUT2D eigenvalue weighted by Crippen LogP contribution is -2.64. The van der Waals surface area contributed by atoms with Crippen LogP contribution in [0.4, 0.5) is 0 Å². The molecule has 0 aromatic carbocycles. The van der Waals surface area contributed by atoms with Crippen LogP contribution < -0.4 is 5.32 Å². The number of ether oxygens (including phenoxy) is 1. The predicted molar refractivity (Wildman–Crippen MR) is 78.1 cm³/mol. The highest BCUT2D eigenvalue weighted by Gasteiger charge is 2.46. The van der Waals surface area contributed by atoms with Crippen LogP contribution in [0.3, 0.4) is 0 Å². The van der Waals surface area contributed by atoms with E-state index in [9.17, 15) is 15.0 Å². The second-order valence-electron chi connectivity index (χ2n) is 4.16. The molecule has 20 heavy (non-hydrogen) atoms. The third kappa shape index (κ3) is 4.51. The molecule has 4 N–H and O–H groups in total. The molecule has 6 nitrogen and oxygen atoms in total. The van der Waals surface area contributed by atoms with Crippen molar-refractivity contribution in [3.63, 3.8) is 0 Å². The number of nitrogens with one attached hydrogen (secondary N) is 1. The van der Waals surface area contributed by atoms with E-state index in [0.29, 0.717) is 5.75 Å². The highest BCUT2D eigenvalue weighted by Crippen LogP contribution is 2.31. The van der Waals surface area contributed by atoms with Crippen molar-refractivity contribution in [1.82, 2.24) is 5.32 Å². The summed E-state index contributed by atoms with van der Waals surface area (Å²) in [5.41, 5.74) is -0.674. The van der Waals surface area contributed by atoms with Gasteiger partial charge in [-0.2, -0.15) is 0 Å². The Morgan fingerprint density at radius 3 is 2.40 bits per heavy atom. The van der Waals surface area contributed by atoms with E-state index < -0.39 is 46.1 Å². The van der Waals surface area contributed by atoms with Crippen molar-refractivity contribution in [1.29, 1.82) is 0 Å². The van der Waals surface area contributed by atoms with Crippen molar-refractivity contribution in [2.24, 2.45) is 0 Å². The molecular formula is C10H16Cl3NO5S. The molecule has 1 aliphatic rings. The lowest BCUT2D eigenvalue weighted by Gasteiger charge is -2.42. The maximum absolute atomic E-state index is 11.7. The van der Waals surface area contributed by atoms with Gasteiger partial charge in [-0.25, -0.2) is 0 Å². The van der Waals surface area contributed by atoms with Crippen LogP contribution in [0, 0.1) is 0 Å². The maximum Gasteiger partial charge on any atom is 0.272 e. The number of rotatable bonds is 4. The fourth-order valence-electron chi connectivity index (χ4n) is 1.78. The van der Waals surface area contributed by atoms with Gasteiger partial charge in [0.05, 0.1) is 12.6 Å². The first kappa shape index (κ1) is 18.6. The van der Waals surface area contributed by atoms with Gasteiger partial charge in [0.15, 0.2) is 0 Å². The largest absolute Gasteiger partial charge is 0.394 e. The monoisotopic (exact) mass is 367 g/mol. The Kier molecular flexibility index (Phi) is 7.14. The van der Waals surface area contributed by atoms with Crippen molar-refractivity contribution in [3.8, 4) is 0 Å². The van der Waals surface area contributed by atoms with E-state index in [1.807, 2.05) is 6.92 Å². The predicted octanol–water partition coefficient (Wildman–Crippen LogP) is 0.0335. The zero-order chi connectivity index (χ0) is 15.5. The Morgan fingerprint density at radius 2 is 1.95 bits per heavy atom. The van der Waals surface area contributed by atoms with Gasteiger partial charge in [0, 0.05) is 0 Å². The lowest BCUT2D eigenvalue weighted by molar-refractivity contribution is -0.173. The van der Waals surface area contributed by atoms with Crippen molar-refractivity contribution in [3.05, 3.63) is 0 Å². The SMILES string of the molecule is CCS[C@@H]1O[C@H](CO)[C@@H](O)[C@H](O)[C@H]1NC(=O)C(Cl)(Cl)Cl. The van der Waals surface area contributed by atoms with Crippen LogP contribution in [0.1, 0.15) is 6.92 Å². The summed E-state index contributed by atoms with van der Waals surface area (Å²) < 4.78 is 3.26. The molecule has 10 heteroatoms. The summed E-state index contributed by atoms with van der Waals surface area (Å²) in [7, 11) is 0. The molecule has 1 heterocycles. The summed E-state index contributed by atoms with van der Waals surface area (Å²) in [6.07, 6.45) is -3.63. The second-order valence-corrected chi connectivity index (χ2v) is 7.82. The number of alkyl halides is 3. The molecule has 0 radical (unpaired) electrons. The van der Waals surface area contributed by atoms with Crippen LogP contribution in [0.25, 0.3) is 0 Å². The van der Waals surface area contributed by atoms with E-state index in [1.165, 1.54) is 11.8 Å². The molecular weight excluding hydrogens is 353 g/mol. The molecule has 1 fully saturated rings. The van der Waals surface area contributed by atoms with Gasteiger partial charge in [-0.1, -0.05) is 41.7 Å². The van der Waals surface area contributed by atoms with Gasteiger partial charge >= 0.3 is 0 Å². The van der Waals surface area contributed by atoms with E-state index >= 15 is 0 Å². The Hall–Kier alpha value is 0.530. The minimum Gasteiger partial charge on any atom is -0.394 e. The fourth-order valence-corrected chi connectivity index (χ4v) is 2.93. The zero-order valence-electron chi connectivity index (χ0n) is 10.5. The summed E-state index contributed by atoms with van der Waals surface area (Å²) in [5, 5.41) is 31.3. The highest BCUT2D eigenvalue weighted by molar-refractivity contribution is 7.99. The van der Waals surface area contributed by atoms with Gasteiger partial charge in [0.1, 0.15) is 23.7 Å². The first-order valence-electron chi connectivity index (χ1n) is 5.84. The van der Waals surface area contributed by atoms with Crippen molar-refractivity contribution < 1.29 is 24.9 Å². The first-order chi connectivity index (χ1) is 9.22. The average Bonchev–Trinajstić information content (AvgIpc) is 2.36. The molecule has 0 bridgehead atoms. The number of aliphatic hydroxyl groups is 3. The summed E-state index contributed by atoms with van der Waals surface area (Å²) >= 11 is 17.7. The third-order valence-corrected chi connectivity index (χ3v) is 4.35. The number of amides is 1. The normalized spacial score (nSPS) is 34.9. The summed E-state index contributed by atoms with van der Waals surface area (Å²) in [6.45, 7) is 1.40. The van der Waals surface area contributed by atoms with Crippen LogP contribution in [0.5, 0.6) is 0 Å². The standard InChI is InChI=1S/C10H16Cl3NO5S/c1-2-20-8-5(14-9(18)10(11,12)13)7(17)6(16)4(3-15)19-8/h4-8,15-17H,2-3H2,1H3,(H,14,18)/t4-,5-,6-,7-,8+/m1/s1. The van der Waals surface area contributed by atoms with E-state index in [-0.39, 0.29) is 0 Å². The number of hydrogen-bond donors (Lipinski definition) is 4. The van der Waals surface area contributed by atoms with Crippen LogP contribution in [0.2, 0.25) is 0 Å². The van der Waals surface area contributed by atoms with Crippen molar-refractivity contribution >= 4 is 52.5 Å². The minimum atomic E-state index is -2.18. The Bertz CT molecular complexity index is 343. The molecule has 1 saturated heterocycles. The molecule has 118 valence electrons. The van der Waals surface area contributed by atoms with Crippen LogP contribution in [0.15, 0.2) is 0 Å². The number of carbonyl (C=O) groups excluding carboxylic acids is 1. The average molecular weight is 369 g/mol. The van der Waals surface area contributed by atoms with Crippen LogP contribution >= 0.6 is 46.6 Å². The molecule has 0 aromatic heterocycles. The smallest absolute Gasteiger partial charge is 0.272 e. The summed E-state index contributed by atoms with van der Waals surface area (Å²) in [5.74, 6) is -0.294. The molecule has 5 atom stereocenters. The fraction of sp³-hybridized carbons (Fsp3) is 0.900. The van der Waals surface area contributed by atoms with E-state index in [1.54, 1.807) is 0 Å². The van der Waals surface area contributed by atoms with Gasteiger partial charge < -0.3 is 25.4 Å². The molecule has 1 amide bonds. The molecule has 0 spiro atoms. The molecule has 0 aromatic rings. The number of carbonyl (C=O) groups is 1. The topological polar surface area (TPSA) is 99.0 Å². The molecule has 1 rings (SSSR count). The van der Waals surface area contributed by atoms with Gasteiger partial charge in [-0.05, 0) is 5.75 Å². The van der Waals surface area contributed by atoms with E-state index in [2.05, 4.69) is 5.32 Å². The molecule has 0 aliphatic carbocycles. The van der Waals surface area contributed by atoms with Gasteiger partial charge in [0.25, 0.3) is 9.70 Å². The lowest BCUT2D eigenvalue weighted by atomic mass is 9.98. The van der Waals surface area contributed by atoms with Crippen LogP contribution in [-0.2, 0) is 9.53 Å². The van der Waals surface area contributed by atoms with Gasteiger partial charge in [-0.15, -0.1) is 11.8 Å². The third-order valence-electron chi connectivity index (χ3n) is 2.77. The number of halogens is 3. The van der Waals surface area contributed by atoms with Gasteiger partial charge in [-0.3, -0.25) is 4.79 Å². The number of aliphatic hydroxyl groups excluding tert-OH is 3. The Morgan fingerprint density at radius 1 is 1.35 bits per heavy atom. The minimum absolute atomic E-state index is 0.454. The van der Waals surface area contributed by atoms with Crippen molar-refractivity contribution in [2.45, 2.75) is 40.5 Å². The summed E-state index contributed by atoms with van der Waals surface area (Å²) in [4.78, 5) is 11.7. The highest BCUT2D eigenvalue weighted by atomic mass is 35.6. The summed E-state index contributed by atoms with van der Waals surface area (Å²) in [6, 6.07) is -0.958. The van der Waals surface area contributed by atoms with Crippen molar-refractivity contribution in [2.75, 3.05) is 12.4 Å². The number of hydrogen-bond acceptors (Lipinski definition) is 6. The molecule has 0 saturated carbocycles. The number of thioether (sulfide) groups is 1. The van der Waals surface area contributed by atoms with Gasteiger partial charge in [0.2, 0.25) is 0 Å². The molecule has 1 aliphatic heterocycles. The molecule has 0 unspecified atom stereocenters. The van der Waals surface area contributed by atoms with Crippen LogP contribution in [-0.4, -0.2) is 67.2 Å².